The lowest BCUT2D eigenvalue weighted by atomic mass is 9.93. The number of hydrogen-bond acceptors (Lipinski definition) is 5. The number of carbonyl (C=O) groups is 3. The van der Waals surface area contributed by atoms with Crippen LogP contribution in [0.4, 0.5) is 0 Å². The molecule has 7 heteroatoms. The topological polar surface area (TPSA) is 79.4 Å². The quantitative estimate of drug-likeness (QED) is 0.835. The zero-order valence-electron chi connectivity index (χ0n) is 14.0. The first-order valence-electron chi connectivity index (χ1n) is 7.77. The van der Waals surface area contributed by atoms with Crippen molar-refractivity contribution in [3.63, 3.8) is 0 Å². The van der Waals surface area contributed by atoms with Crippen LogP contribution in [0.5, 0.6) is 0 Å². The molecule has 3 amide bonds. The predicted octanol–water partition coefficient (Wildman–Crippen LogP) is 2.16. The molecule has 0 bridgehead atoms. The average molecular weight is 337 g/mol. The first-order chi connectivity index (χ1) is 10.7. The molecule has 1 aliphatic heterocycles. The standard InChI is InChI=1S/C16H23N3O3S/c1-10(15-18-11(9-23-15)16(2,3)4)17-12(20)7-8-19-13(21)5-6-14(19)22/h9-10H,5-8H2,1-4H3,(H,17,20)/t10-/m1/s1. The van der Waals surface area contributed by atoms with Gasteiger partial charge in [0.1, 0.15) is 5.01 Å². The van der Waals surface area contributed by atoms with Crippen LogP contribution in [0.25, 0.3) is 0 Å². The van der Waals surface area contributed by atoms with Crippen LogP contribution in [-0.4, -0.2) is 34.2 Å². The Kier molecular flexibility index (Phi) is 5.19. The predicted molar refractivity (Wildman–Crippen MR) is 87.9 cm³/mol. The molecule has 1 N–H and O–H groups in total. The van der Waals surface area contributed by atoms with Crippen molar-refractivity contribution in [2.75, 3.05) is 6.54 Å². The number of imide groups is 1. The highest BCUT2D eigenvalue weighted by molar-refractivity contribution is 7.09. The molecule has 1 atom stereocenters. The molecule has 0 spiro atoms. The monoisotopic (exact) mass is 337 g/mol. The van der Waals surface area contributed by atoms with Crippen LogP contribution in [0.3, 0.4) is 0 Å². The van der Waals surface area contributed by atoms with Crippen LogP contribution in [0, 0.1) is 0 Å². The van der Waals surface area contributed by atoms with Gasteiger partial charge in [-0.3, -0.25) is 19.3 Å². The van der Waals surface area contributed by atoms with Gasteiger partial charge in [-0.25, -0.2) is 4.98 Å². The van der Waals surface area contributed by atoms with Crippen LogP contribution in [0.15, 0.2) is 5.38 Å². The number of amides is 3. The van der Waals surface area contributed by atoms with E-state index >= 15 is 0 Å². The lowest BCUT2D eigenvalue weighted by Gasteiger charge is -2.16. The molecule has 1 fully saturated rings. The summed E-state index contributed by atoms with van der Waals surface area (Å²) in [4.78, 5) is 40.8. The first kappa shape index (κ1) is 17.6. The van der Waals surface area contributed by atoms with E-state index in [9.17, 15) is 14.4 Å². The molecule has 6 nitrogen and oxygen atoms in total. The molecule has 2 heterocycles. The molecule has 1 saturated heterocycles. The van der Waals surface area contributed by atoms with Gasteiger partial charge in [-0.1, -0.05) is 20.8 Å². The van der Waals surface area contributed by atoms with Crippen molar-refractivity contribution in [3.05, 3.63) is 16.1 Å². The summed E-state index contributed by atoms with van der Waals surface area (Å²) < 4.78 is 0. The van der Waals surface area contributed by atoms with Crippen LogP contribution in [0.2, 0.25) is 0 Å². The number of thiazole rings is 1. The van der Waals surface area contributed by atoms with Crippen molar-refractivity contribution >= 4 is 29.1 Å². The highest BCUT2D eigenvalue weighted by Crippen LogP contribution is 2.26. The molecular weight excluding hydrogens is 314 g/mol. The van der Waals surface area contributed by atoms with E-state index in [1.54, 1.807) is 0 Å². The van der Waals surface area contributed by atoms with Gasteiger partial charge in [-0.2, -0.15) is 0 Å². The largest absolute Gasteiger partial charge is 0.347 e. The van der Waals surface area contributed by atoms with Gasteiger partial charge in [0.15, 0.2) is 0 Å². The Bertz CT molecular complexity index is 602. The van der Waals surface area contributed by atoms with Gasteiger partial charge in [-0.15, -0.1) is 11.3 Å². The van der Waals surface area contributed by atoms with Crippen molar-refractivity contribution in [2.45, 2.75) is 58.4 Å². The highest BCUT2D eigenvalue weighted by Gasteiger charge is 2.29. The minimum Gasteiger partial charge on any atom is -0.347 e. The summed E-state index contributed by atoms with van der Waals surface area (Å²) >= 11 is 1.53. The Hall–Kier alpha value is -1.76. The second-order valence-corrected chi connectivity index (χ2v) is 7.69. The van der Waals surface area contributed by atoms with Crippen LogP contribution >= 0.6 is 11.3 Å². The number of nitrogens with zero attached hydrogens (tertiary/aromatic N) is 2. The lowest BCUT2D eigenvalue weighted by molar-refractivity contribution is -0.138. The molecule has 1 aliphatic rings. The SMILES string of the molecule is C[C@@H](NC(=O)CCN1C(=O)CCC1=O)c1nc(C(C)(C)C)cs1. The van der Waals surface area contributed by atoms with Crippen LogP contribution in [0.1, 0.15) is 63.7 Å². The summed E-state index contributed by atoms with van der Waals surface area (Å²) in [5.41, 5.74) is 0.987. The zero-order chi connectivity index (χ0) is 17.2. The van der Waals surface area contributed by atoms with Gasteiger partial charge < -0.3 is 5.32 Å². The molecule has 0 aromatic carbocycles. The van der Waals surface area contributed by atoms with E-state index in [2.05, 4.69) is 31.1 Å². The molecule has 23 heavy (non-hydrogen) atoms. The van der Waals surface area contributed by atoms with E-state index in [0.29, 0.717) is 0 Å². The summed E-state index contributed by atoms with van der Waals surface area (Å²) in [6.07, 6.45) is 0.635. The number of likely N-dealkylation sites (tertiary alicyclic amines) is 1. The number of aromatic nitrogens is 1. The number of hydrogen-bond donors (Lipinski definition) is 1. The smallest absolute Gasteiger partial charge is 0.229 e. The summed E-state index contributed by atoms with van der Waals surface area (Å²) in [5.74, 6) is -0.561. The molecule has 1 aromatic heterocycles. The summed E-state index contributed by atoms with van der Waals surface area (Å²) in [7, 11) is 0. The number of nitrogens with one attached hydrogen (secondary N) is 1. The van der Waals surface area contributed by atoms with Crippen molar-refractivity contribution < 1.29 is 14.4 Å². The van der Waals surface area contributed by atoms with Crippen molar-refractivity contribution in [2.24, 2.45) is 0 Å². The van der Waals surface area contributed by atoms with Crippen LogP contribution < -0.4 is 5.32 Å². The maximum absolute atomic E-state index is 12.0. The summed E-state index contributed by atoms with van der Waals surface area (Å²) in [6, 6.07) is -0.186. The minimum absolute atomic E-state index is 0.0189. The fraction of sp³-hybridized carbons (Fsp3) is 0.625. The highest BCUT2D eigenvalue weighted by atomic mass is 32.1. The van der Waals surface area contributed by atoms with E-state index in [1.165, 1.54) is 16.2 Å². The first-order valence-corrected chi connectivity index (χ1v) is 8.65. The molecule has 0 unspecified atom stereocenters. The maximum Gasteiger partial charge on any atom is 0.229 e. The Balaban J connectivity index is 1.86. The summed E-state index contributed by atoms with van der Waals surface area (Å²) in [6.45, 7) is 8.33. The molecule has 2 rings (SSSR count). The normalized spacial score (nSPS) is 16.8. The molecule has 126 valence electrons. The Morgan fingerprint density at radius 3 is 2.48 bits per heavy atom. The van der Waals surface area contributed by atoms with Gasteiger partial charge in [0.05, 0.1) is 11.7 Å². The second kappa shape index (κ2) is 6.78. The van der Waals surface area contributed by atoms with E-state index < -0.39 is 0 Å². The maximum atomic E-state index is 12.0. The van der Waals surface area contributed by atoms with E-state index in [-0.39, 0.29) is 55.0 Å². The van der Waals surface area contributed by atoms with Gasteiger partial charge in [0, 0.05) is 36.6 Å². The van der Waals surface area contributed by atoms with E-state index in [1.807, 2.05) is 12.3 Å². The number of carbonyl (C=O) groups excluding carboxylic acids is 3. The zero-order valence-corrected chi connectivity index (χ0v) is 14.8. The Morgan fingerprint density at radius 2 is 1.96 bits per heavy atom. The second-order valence-electron chi connectivity index (χ2n) is 6.80. The Labute approximate surface area is 140 Å². The molecule has 0 saturated carbocycles. The lowest BCUT2D eigenvalue weighted by Crippen LogP contribution is -2.34. The van der Waals surface area contributed by atoms with Crippen molar-refractivity contribution in [1.82, 2.24) is 15.2 Å². The number of rotatable bonds is 5. The fourth-order valence-electron chi connectivity index (χ4n) is 2.29. The molecular formula is C16H23N3O3S. The van der Waals surface area contributed by atoms with Gasteiger partial charge in [0.2, 0.25) is 17.7 Å². The van der Waals surface area contributed by atoms with Gasteiger partial charge >= 0.3 is 0 Å². The third-order valence-corrected chi connectivity index (χ3v) is 4.78. The third kappa shape index (κ3) is 4.37. The molecule has 0 aliphatic carbocycles. The van der Waals surface area contributed by atoms with E-state index in [4.69, 9.17) is 0 Å². The van der Waals surface area contributed by atoms with Gasteiger partial charge in [0.25, 0.3) is 0 Å². The Morgan fingerprint density at radius 1 is 1.35 bits per heavy atom. The minimum atomic E-state index is -0.189. The fourth-order valence-corrected chi connectivity index (χ4v) is 3.34. The third-order valence-electron chi connectivity index (χ3n) is 3.76. The van der Waals surface area contributed by atoms with Crippen LogP contribution in [-0.2, 0) is 19.8 Å². The molecule has 0 radical (unpaired) electrons. The van der Waals surface area contributed by atoms with E-state index in [0.717, 1.165) is 10.7 Å². The van der Waals surface area contributed by atoms with Gasteiger partial charge in [-0.05, 0) is 6.92 Å². The molecule has 1 aromatic rings. The summed E-state index contributed by atoms with van der Waals surface area (Å²) in [5, 5.41) is 5.75. The average Bonchev–Trinajstić information content (AvgIpc) is 3.05. The van der Waals surface area contributed by atoms with Crippen molar-refractivity contribution in [1.29, 1.82) is 0 Å². The van der Waals surface area contributed by atoms with Crippen molar-refractivity contribution in [3.8, 4) is 0 Å².